The highest BCUT2D eigenvalue weighted by Gasteiger charge is 2.38. The van der Waals surface area contributed by atoms with Crippen molar-refractivity contribution in [3.63, 3.8) is 0 Å². The molecule has 2 aliphatic heterocycles. The summed E-state index contributed by atoms with van der Waals surface area (Å²) in [4.78, 5) is 19.2. The van der Waals surface area contributed by atoms with Gasteiger partial charge < -0.3 is 14.6 Å². The van der Waals surface area contributed by atoms with E-state index < -0.39 is 0 Å². The number of hydrogen-bond donors (Lipinski definition) is 1. The molecule has 5 heteroatoms. The van der Waals surface area contributed by atoms with Gasteiger partial charge in [0.05, 0.1) is 5.56 Å². The van der Waals surface area contributed by atoms with E-state index in [0.717, 1.165) is 43.6 Å². The van der Waals surface area contributed by atoms with Gasteiger partial charge in [0.2, 0.25) is 0 Å². The summed E-state index contributed by atoms with van der Waals surface area (Å²) in [5.41, 5.74) is 1.64. The topological polar surface area (TPSA) is 49.6 Å². The molecule has 0 radical (unpaired) electrons. The zero-order valence-corrected chi connectivity index (χ0v) is 11.3. The summed E-state index contributed by atoms with van der Waals surface area (Å²) in [6.45, 7) is 1.95. The first-order valence-corrected chi connectivity index (χ1v) is 7.29. The Morgan fingerprint density at radius 1 is 1.25 bits per heavy atom. The van der Waals surface area contributed by atoms with E-state index in [2.05, 4.69) is 15.2 Å². The quantitative estimate of drug-likeness (QED) is 0.850. The summed E-state index contributed by atoms with van der Waals surface area (Å²) < 4.78 is 1.91. The molecule has 4 rings (SSSR count). The molecule has 2 saturated heterocycles. The molecule has 0 spiro atoms. The van der Waals surface area contributed by atoms with Crippen LogP contribution in [0.4, 0.5) is 0 Å². The number of pyridine rings is 1. The fourth-order valence-corrected chi connectivity index (χ4v) is 3.51. The Labute approximate surface area is 117 Å². The summed E-state index contributed by atoms with van der Waals surface area (Å²) in [7, 11) is 0. The van der Waals surface area contributed by atoms with Gasteiger partial charge in [-0.15, -0.1) is 0 Å². The molecule has 0 aromatic carbocycles. The number of carbonyl (C=O) groups excluding carboxylic acids is 1. The zero-order chi connectivity index (χ0) is 13.5. The van der Waals surface area contributed by atoms with Crippen molar-refractivity contribution in [2.45, 2.75) is 31.3 Å². The monoisotopic (exact) mass is 270 g/mol. The predicted octanol–water partition coefficient (Wildman–Crippen LogP) is 1.30. The van der Waals surface area contributed by atoms with Crippen molar-refractivity contribution in [1.29, 1.82) is 0 Å². The van der Waals surface area contributed by atoms with E-state index in [9.17, 15) is 4.79 Å². The number of imidazole rings is 1. The molecule has 5 nitrogen and oxygen atoms in total. The second-order valence-corrected chi connectivity index (χ2v) is 5.70. The van der Waals surface area contributed by atoms with Crippen molar-refractivity contribution < 1.29 is 4.79 Å². The number of hydrogen-bond acceptors (Lipinski definition) is 3. The molecule has 20 heavy (non-hydrogen) atoms. The van der Waals surface area contributed by atoms with Crippen molar-refractivity contribution in [2.24, 2.45) is 0 Å². The second-order valence-electron chi connectivity index (χ2n) is 5.70. The molecule has 1 N–H and O–H groups in total. The van der Waals surface area contributed by atoms with Crippen LogP contribution < -0.4 is 5.32 Å². The van der Waals surface area contributed by atoms with Crippen molar-refractivity contribution >= 4 is 11.6 Å². The van der Waals surface area contributed by atoms with Crippen molar-refractivity contribution in [2.75, 3.05) is 13.1 Å². The van der Waals surface area contributed by atoms with Crippen LogP contribution in [0.1, 0.15) is 29.6 Å². The Balaban J connectivity index is 1.68. The van der Waals surface area contributed by atoms with Crippen LogP contribution in [0.15, 0.2) is 30.7 Å². The minimum Gasteiger partial charge on any atom is -0.331 e. The van der Waals surface area contributed by atoms with Crippen LogP contribution in [-0.4, -0.2) is 45.4 Å². The summed E-state index contributed by atoms with van der Waals surface area (Å²) in [5.74, 6) is 0.164. The van der Waals surface area contributed by atoms with Crippen LogP contribution in [0.3, 0.4) is 0 Å². The number of nitrogens with one attached hydrogen (secondary N) is 1. The van der Waals surface area contributed by atoms with E-state index in [4.69, 9.17) is 0 Å². The van der Waals surface area contributed by atoms with E-state index in [-0.39, 0.29) is 5.91 Å². The summed E-state index contributed by atoms with van der Waals surface area (Å²) in [5, 5.41) is 3.43. The first-order valence-electron chi connectivity index (χ1n) is 7.29. The van der Waals surface area contributed by atoms with Gasteiger partial charge in [-0.1, -0.05) is 0 Å². The molecule has 2 aromatic rings. The highest BCUT2D eigenvalue weighted by atomic mass is 16.2. The van der Waals surface area contributed by atoms with Crippen LogP contribution in [0.5, 0.6) is 0 Å². The minimum absolute atomic E-state index is 0.164. The third-order valence-corrected chi connectivity index (χ3v) is 4.52. The first kappa shape index (κ1) is 11.9. The standard InChI is InChI=1S/C15H18N4O/c20-15(11-1-4-14-17-7-8-18(14)10-11)19-12-2-3-13(19)9-16-6-5-12/h1,4,7-8,10,12-13,16H,2-3,5-6,9H2. The zero-order valence-electron chi connectivity index (χ0n) is 11.3. The molecule has 2 bridgehead atoms. The largest absolute Gasteiger partial charge is 0.331 e. The average molecular weight is 270 g/mol. The molecule has 104 valence electrons. The Morgan fingerprint density at radius 3 is 3.10 bits per heavy atom. The van der Waals surface area contributed by atoms with Gasteiger partial charge in [0.25, 0.3) is 5.91 Å². The Morgan fingerprint density at radius 2 is 2.15 bits per heavy atom. The van der Waals surface area contributed by atoms with Gasteiger partial charge in [0.1, 0.15) is 5.65 Å². The lowest BCUT2D eigenvalue weighted by atomic mass is 10.1. The van der Waals surface area contributed by atoms with E-state index in [1.807, 2.05) is 28.9 Å². The number of nitrogens with zero attached hydrogens (tertiary/aromatic N) is 3. The van der Waals surface area contributed by atoms with Gasteiger partial charge >= 0.3 is 0 Å². The van der Waals surface area contributed by atoms with E-state index >= 15 is 0 Å². The van der Waals surface area contributed by atoms with Gasteiger partial charge in [-0.3, -0.25) is 4.79 Å². The second kappa shape index (κ2) is 4.59. The molecular formula is C15H18N4O. The predicted molar refractivity (Wildman–Crippen MR) is 75.7 cm³/mol. The van der Waals surface area contributed by atoms with Gasteiger partial charge in [0.15, 0.2) is 0 Å². The molecule has 2 fully saturated rings. The van der Waals surface area contributed by atoms with E-state index in [0.29, 0.717) is 12.1 Å². The summed E-state index contributed by atoms with van der Waals surface area (Å²) in [6.07, 6.45) is 8.86. The maximum atomic E-state index is 12.8. The Kier molecular flexibility index (Phi) is 2.73. The van der Waals surface area contributed by atoms with Crippen molar-refractivity contribution in [3.8, 4) is 0 Å². The fraction of sp³-hybridized carbons (Fsp3) is 0.467. The van der Waals surface area contributed by atoms with Gasteiger partial charge in [-0.2, -0.15) is 0 Å². The Hall–Kier alpha value is -1.88. The third-order valence-electron chi connectivity index (χ3n) is 4.52. The van der Waals surface area contributed by atoms with Crippen LogP contribution in [0.25, 0.3) is 5.65 Å². The van der Waals surface area contributed by atoms with E-state index in [1.54, 1.807) is 6.20 Å². The lowest BCUT2D eigenvalue weighted by molar-refractivity contribution is 0.0680. The number of carbonyl (C=O) groups is 1. The molecule has 1 amide bonds. The van der Waals surface area contributed by atoms with Crippen LogP contribution in [-0.2, 0) is 0 Å². The van der Waals surface area contributed by atoms with Crippen molar-refractivity contribution in [1.82, 2.24) is 19.6 Å². The minimum atomic E-state index is 0.164. The molecule has 2 aromatic heterocycles. The molecule has 2 unspecified atom stereocenters. The maximum absolute atomic E-state index is 12.8. The summed E-state index contributed by atoms with van der Waals surface area (Å²) in [6, 6.07) is 4.56. The van der Waals surface area contributed by atoms with E-state index in [1.165, 1.54) is 0 Å². The first-order chi connectivity index (χ1) is 9.83. The number of aromatic nitrogens is 2. The van der Waals surface area contributed by atoms with Gasteiger partial charge in [0, 0.05) is 37.2 Å². The highest BCUT2D eigenvalue weighted by molar-refractivity contribution is 5.95. The molecule has 0 saturated carbocycles. The average Bonchev–Trinajstić information content (AvgIpc) is 3.00. The third kappa shape index (κ3) is 1.81. The summed E-state index contributed by atoms with van der Waals surface area (Å²) >= 11 is 0. The van der Waals surface area contributed by atoms with Crippen LogP contribution in [0.2, 0.25) is 0 Å². The fourth-order valence-electron chi connectivity index (χ4n) is 3.51. The lowest BCUT2D eigenvalue weighted by Crippen LogP contribution is -2.42. The molecule has 4 heterocycles. The van der Waals surface area contributed by atoms with Gasteiger partial charge in [-0.05, 0) is 37.9 Å². The van der Waals surface area contributed by atoms with Crippen molar-refractivity contribution in [3.05, 3.63) is 36.3 Å². The maximum Gasteiger partial charge on any atom is 0.255 e. The highest BCUT2D eigenvalue weighted by Crippen LogP contribution is 2.29. The Bertz CT molecular complexity index is 636. The molecular weight excluding hydrogens is 252 g/mol. The number of rotatable bonds is 1. The van der Waals surface area contributed by atoms with Gasteiger partial charge in [-0.25, -0.2) is 4.98 Å². The SMILES string of the molecule is O=C(c1ccc2nccn2c1)N1C2CCNCC1CC2. The number of fused-ring (bicyclic) bond motifs is 3. The smallest absolute Gasteiger partial charge is 0.255 e. The lowest BCUT2D eigenvalue weighted by Gasteiger charge is -2.28. The number of amides is 1. The molecule has 2 aliphatic rings. The van der Waals surface area contributed by atoms with Crippen LogP contribution in [0, 0.1) is 0 Å². The normalized spacial score (nSPS) is 25.9. The molecule has 2 atom stereocenters. The molecule has 0 aliphatic carbocycles. The van der Waals surface area contributed by atoms with Crippen LogP contribution >= 0.6 is 0 Å².